The fourth-order valence-electron chi connectivity index (χ4n) is 0.908. The fraction of sp³-hybridized carbons (Fsp3) is 0.500. The number of aliphatic hydroxyl groups excluding tert-OH is 1. The summed E-state index contributed by atoms with van der Waals surface area (Å²) in [6, 6.07) is 1.86. The van der Waals surface area contributed by atoms with Crippen molar-refractivity contribution in [3.8, 4) is 0 Å². The molecule has 0 aromatic carbocycles. The molecule has 0 aliphatic carbocycles. The topological polar surface area (TPSA) is 84.1 Å². The molecule has 0 spiro atoms. The Labute approximate surface area is 87.1 Å². The molecular weight excluding hydrogens is 200 g/mol. The lowest BCUT2D eigenvalue weighted by Crippen LogP contribution is -2.12. The van der Waals surface area contributed by atoms with E-state index in [2.05, 4.69) is 15.4 Å². The zero-order valence-corrected chi connectivity index (χ0v) is 9.01. The number of nitrogen functional groups attached to an aromatic ring is 1. The number of anilines is 1. The lowest BCUT2D eigenvalue weighted by Gasteiger charge is -2.08. The normalized spacial score (nSPS) is 12.6. The molecule has 1 heterocycles. The van der Waals surface area contributed by atoms with Gasteiger partial charge in [-0.25, -0.2) is 15.8 Å². The van der Waals surface area contributed by atoms with Crippen LogP contribution in [0.1, 0.15) is 12.6 Å². The number of hydrogen-bond acceptors (Lipinski definition) is 6. The molecule has 1 aromatic heterocycles. The van der Waals surface area contributed by atoms with Crippen LogP contribution in [0.25, 0.3) is 0 Å². The molecule has 5 nitrogen and oxygen atoms in total. The number of aryl methyl sites for hydroxylation is 1. The van der Waals surface area contributed by atoms with E-state index in [1.807, 2.05) is 19.9 Å². The molecule has 0 fully saturated rings. The van der Waals surface area contributed by atoms with Crippen LogP contribution in [0.15, 0.2) is 11.1 Å². The summed E-state index contributed by atoms with van der Waals surface area (Å²) in [6.07, 6.45) is 0. The molecule has 0 amide bonds. The van der Waals surface area contributed by atoms with Gasteiger partial charge < -0.3 is 5.11 Å². The zero-order chi connectivity index (χ0) is 10.6. The summed E-state index contributed by atoms with van der Waals surface area (Å²) in [6.45, 7) is 3.92. The van der Waals surface area contributed by atoms with Gasteiger partial charge in [0, 0.05) is 10.9 Å². The van der Waals surface area contributed by atoms with Crippen LogP contribution in [-0.2, 0) is 0 Å². The maximum Gasteiger partial charge on any atom is 0.238 e. The van der Waals surface area contributed by atoms with E-state index in [-0.39, 0.29) is 11.9 Å². The molecule has 0 radical (unpaired) electrons. The van der Waals surface area contributed by atoms with E-state index in [0.717, 1.165) is 10.7 Å². The Morgan fingerprint density at radius 3 is 2.93 bits per heavy atom. The number of nitrogens with two attached hydrogens (primary N) is 1. The molecule has 0 aliphatic rings. The molecule has 1 atom stereocenters. The van der Waals surface area contributed by atoms with Gasteiger partial charge in [0.1, 0.15) is 5.03 Å². The summed E-state index contributed by atoms with van der Waals surface area (Å²) in [5, 5.41) is 9.82. The van der Waals surface area contributed by atoms with Crippen molar-refractivity contribution in [1.29, 1.82) is 0 Å². The van der Waals surface area contributed by atoms with E-state index < -0.39 is 0 Å². The van der Waals surface area contributed by atoms with Crippen molar-refractivity contribution in [2.24, 2.45) is 5.84 Å². The number of thioether (sulfide) groups is 1. The minimum Gasteiger partial charge on any atom is -0.395 e. The molecule has 0 saturated heterocycles. The molecule has 1 unspecified atom stereocenters. The maximum atomic E-state index is 8.89. The first-order valence-corrected chi connectivity index (χ1v) is 5.13. The van der Waals surface area contributed by atoms with E-state index in [9.17, 15) is 0 Å². The van der Waals surface area contributed by atoms with Crippen molar-refractivity contribution in [3.05, 3.63) is 11.8 Å². The molecule has 4 N–H and O–H groups in total. The van der Waals surface area contributed by atoms with Crippen molar-refractivity contribution in [2.75, 3.05) is 12.0 Å². The number of nitrogens with zero attached hydrogens (tertiary/aromatic N) is 2. The third-order valence-electron chi connectivity index (χ3n) is 1.54. The second-order valence-electron chi connectivity index (χ2n) is 2.93. The monoisotopic (exact) mass is 214 g/mol. The summed E-state index contributed by atoms with van der Waals surface area (Å²) >= 11 is 1.49. The van der Waals surface area contributed by atoms with Gasteiger partial charge in [-0.3, -0.25) is 5.43 Å². The van der Waals surface area contributed by atoms with Crippen LogP contribution >= 0.6 is 11.8 Å². The zero-order valence-electron chi connectivity index (χ0n) is 8.19. The summed E-state index contributed by atoms with van der Waals surface area (Å²) in [5.74, 6) is 5.62. The Morgan fingerprint density at radius 1 is 1.64 bits per heavy atom. The second kappa shape index (κ2) is 5.14. The van der Waals surface area contributed by atoms with Gasteiger partial charge in [0.05, 0.1) is 6.61 Å². The minimum atomic E-state index is 0.120. The minimum absolute atomic E-state index is 0.120. The van der Waals surface area contributed by atoms with Gasteiger partial charge in [0.25, 0.3) is 0 Å². The first-order chi connectivity index (χ1) is 6.65. The lowest BCUT2D eigenvalue weighted by molar-refractivity contribution is 0.300. The molecule has 6 heteroatoms. The van der Waals surface area contributed by atoms with Crippen LogP contribution < -0.4 is 11.3 Å². The van der Waals surface area contributed by atoms with Crippen LogP contribution in [0.3, 0.4) is 0 Å². The van der Waals surface area contributed by atoms with Crippen LogP contribution in [0.5, 0.6) is 0 Å². The summed E-state index contributed by atoms with van der Waals surface area (Å²) in [4.78, 5) is 8.21. The Balaban J connectivity index is 2.81. The van der Waals surface area contributed by atoms with Crippen molar-refractivity contribution in [3.63, 3.8) is 0 Å². The molecule has 1 aromatic rings. The number of aromatic nitrogens is 2. The van der Waals surface area contributed by atoms with Crippen molar-refractivity contribution in [1.82, 2.24) is 9.97 Å². The fourth-order valence-corrected chi connectivity index (χ4v) is 1.77. The quantitative estimate of drug-likeness (QED) is 0.294. The highest BCUT2D eigenvalue weighted by atomic mass is 32.2. The SMILES string of the molecule is Cc1cc(SC(C)CO)nc(NN)n1. The van der Waals surface area contributed by atoms with Crippen LogP contribution in [0.2, 0.25) is 0 Å². The standard InChI is InChI=1S/C8H14N4OS/c1-5-3-7(14-6(2)4-13)11-8(10-5)12-9/h3,6,13H,4,9H2,1-2H3,(H,10,11,12). The van der Waals surface area contributed by atoms with Crippen LogP contribution in [0, 0.1) is 6.92 Å². The van der Waals surface area contributed by atoms with E-state index in [4.69, 9.17) is 10.9 Å². The van der Waals surface area contributed by atoms with Crippen molar-refractivity contribution in [2.45, 2.75) is 24.1 Å². The summed E-state index contributed by atoms with van der Waals surface area (Å²) < 4.78 is 0. The van der Waals surface area contributed by atoms with Crippen LogP contribution in [0.4, 0.5) is 5.95 Å². The first-order valence-electron chi connectivity index (χ1n) is 4.25. The van der Waals surface area contributed by atoms with Gasteiger partial charge in [0.2, 0.25) is 5.95 Å². The average Bonchev–Trinajstić information content (AvgIpc) is 2.16. The second-order valence-corrected chi connectivity index (χ2v) is 4.39. The Kier molecular flexibility index (Phi) is 4.12. The van der Waals surface area contributed by atoms with E-state index in [0.29, 0.717) is 5.95 Å². The largest absolute Gasteiger partial charge is 0.395 e. The molecule has 0 bridgehead atoms. The molecule has 14 heavy (non-hydrogen) atoms. The molecule has 78 valence electrons. The molecule has 0 saturated carbocycles. The highest BCUT2D eigenvalue weighted by molar-refractivity contribution is 7.99. The predicted octanol–water partition coefficient (Wildman–Crippen LogP) is 0.544. The number of nitrogens with one attached hydrogen (secondary N) is 1. The lowest BCUT2D eigenvalue weighted by atomic mass is 10.5. The van der Waals surface area contributed by atoms with Gasteiger partial charge in [-0.15, -0.1) is 11.8 Å². The van der Waals surface area contributed by atoms with Crippen molar-refractivity contribution >= 4 is 17.7 Å². The summed E-state index contributed by atoms with van der Waals surface area (Å²) in [7, 11) is 0. The van der Waals surface area contributed by atoms with E-state index in [1.165, 1.54) is 11.8 Å². The molecule has 0 aliphatic heterocycles. The Hall–Kier alpha value is -0.850. The van der Waals surface area contributed by atoms with Crippen LogP contribution in [-0.4, -0.2) is 26.9 Å². The Morgan fingerprint density at radius 2 is 2.36 bits per heavy atom. The van der Waals surface area contributed by atoms with Gasteiger partial charge in [-0.05, 0) is 13.0 Å². The number of hydrazine groups is 1. The third-order valence-corrected chi connectivity index (χ3v) is 2.54. The van der Waals surface area contributed by atoms with E-state index in [1.54, 1.807) is 0 Å². The smallest absolute Gasteiger partial charge is 0.238 e. The van der Waals surface area contributed by atoms with Gasteiger partial charge in [-0.2, -0.15) is 0 Å². The third kappa shape index (κ3) is 3.13. The van der Waals surface area contributed by atoms with Gasteiger partial charge >= 0.3 is 0 Å². The average molecular weight is 214 g/mol. The summed E-state index contributed by atoms with van der Waals surface area (Å²) in [5.41, 5.74) is 3.25. The number of rotatable bonds is 4. The predicted molar refractivity (Wildman–Crippen MR) is 57.0 cm³/mol. The highest BCUT2D eigenvalue weighted by Gasteiger charge is 2.06. The molecule has 1 rings (SSSR count). The van der Waals surface area contributed by atoms with Crippen molar-refractivity contribution < 1.29 is 5.11 Å². The van der Waals surface area contributed by atoms with Gasteiger partial charge in [-0.1, -0.05) is 6.92 Å². The number of hydrogen-bond donors (Lipinski definition) is 3. The van der Waals surface area contributed by atoms with E-state index >= 15 is 0 Å². The van der Waals surface area contributed by atoms with Gasteiger partial charge in [0.15, 0.2) is 0 Å². The number of aliphatic hydroxyl groups is 1. The maximum absolute atomic E-state index is 8.89. The first kappa shape index (κ1) is 11.2. The highest BCUT2D eigenvalue weighted by Crippen LogP contribution is 2.21. The Bertz CT molecular complexity index is 307. The molecular formula is C8H14N4OS.